The van der Waals surface area contributed by atoms with E-state index in [1.165, 1.54) is 11.8 Å². The van der Waals surface area contributed by atoms with Crippen molar-refractivity contribution in [3.05, 3.63) is 29.3 Å². The van der Waals surface area contributed by atoms with E-state index in [9.17, 15) is 9.59 Å². The lowest BCUT2D eigenvalue weighted by Crippen LogP contribution is -2.16. The highest BCUT2D eigenvalue weighted by Crippen LogP contribution is 2.21. The van der Waals surface area contributed by atoms with Gasteiger partial charge in [-0.05, 0) is 19.1 Å². The molecule has 0 bridgehead atoms. The van der Waals surface area contributed by atoms with Gasteiger partial charge in [0, 0.05) is 12.2 Å². The van der Waals surface area contributed by atoms with E-state index in [-0.39, 0.29) is 12.3 Å². The molecule has 0 aromatic heterocycles. The van der Waals surface area contributed by atoms with Crippen LogP contribution >= 0.6 is 23.4 Å². The number of hydrogen-bond donors (Lipinski definition) is 2. The van der Waals surface area contributed by atoms with Gasteiger partial charge in [0.15, 0.2) is 0 Å². The maximum absolute atomic E-state index is 11.6. The monoisotopic (exact) mass is 287 g/mol. The first-order valence-electron chi connectivity index (χ1n) is 5.39. The van der Waals surface area contributed by atoms with Crippen molar-refractivity contribution in [2.75, 3.05) is 11.1 Å². The molecule has 1 rings (SSSR count). The Labute approximate surface area is 115 Å². The van der Waals surface area contributed by atoms with Crippen LogP contribution in [0.1, 0.15) is 13.3 Å². The van der Waals surface area contributed by atoms with Crippen LogP contribution in [-0.4, -0.2) is 28.0 Å². The number of thioether (sulfide) groups is 1. The number of benzene rings is 1. The average molecular weight is 288 g/mol. The lowest BCUT2D eigenvalue weighted by atomic mass is 10.3. The summed E-state index contributed by atoms with van der Waals surface area (Å²) in [5.74, 6) is -0.580. The summed E-state index contributed by atoms with van der Waals surface area (Å²) in [6.07, 6.45) is 0.257. The highest BCUT2D eigenvalue weighted by molar-refractivity contribution is 8.00. The van der Waals surface area contributed by atoms with Gasteiger partial charge in [0.05, 0.1) is 16.0 Å². The molecule has 0 heterocycles. The normalized spacial score (nSPS) is 11.9. The summed E-state index contributed by atoms with van der Waals surface area (Å²) in [5, 5.41) is 11.3. The number of carbonyl (C=O) groups excluding carboxylic acids is 1. The lowest BCUT2D eigenvalue weighted by Gasteiger charge is -2.08. The second-order valence-corrected chi connectivity index (χ2v) is 5.49. The van der Waals surface area contributed by atoms with Gasteiger partial charge in [-0.15, -0.1) is 11.8 Å². The van der Waals surface area contributed by atoms with E-state index in [0.29, 0.717) is 16.5 Å². The Morgan fingerprint density at radius 1 is 1.44 bits per heavy atom. The second kappa shape index (κ2) is 7.28. The van der Waals surface area contributed by atoms with E-state index in [4.69, 9.17) is 16.7 Å². The number of para-hydroxylation sites is 1. The number of carbonyl (C=O) groups is 2. The molecule has 1 amide bonds. The van der Waals surface area contributed by atoms with Crippen molar-refractivity contribution >= 4 is 40.9 Å². The van der Waals surface area contributed by atoms with Gasteiger partial charge >= 0.3 is 5.97 Å². The van der Waals surface area contributed by atoms with E-state index in [2.05, 4.69) is 5.32 Å². The molecule has 0 aliphatic rings. The Morgan fingerprint density at radius 2 is 2.11 bits per heavy atom. The van der Waals surface area contributed by atoms with Crippen LogP contribution in [0.25, 0.3) is 0 Å². The highest BCUT2D eigenvalue weighted by atomic mass is 35.5. The number of rotatable bonds is 6. The van der Waals surface area contributed by atoms with Gasteiger partial charge < -0.3 is 10.4 Å². The standard InChI is InChI=1S/C12H14ClNO3S/c1-8(12(16)17)18-7-6-11(15)14-10-5-3-2-4-9(10)13/h2-5,8H,6-7H2,1H3,(H,14,15)(H,16,17). The SMILES string of the molecule is CC(SCCC(=O)Nc1ccccc1Cl)C(=O)O. The summed E-state index contributed by atoms with van der Waals surface area (Å²) in [6.45, 7) is 1.60. The minimum atomic E-state index is -0.869. The van der Waals surface area contributed by atoms with Gasteiger partial charge in [0.25, 0.3) is 0 Å². The molecule has 1 aromatic carbocycles. The number of amides is 1. The zero-order valence-electron chi connectivity index (χ0n) is 9.85. The van der Waals surface area contributed by atoms with Gasteiger partial charge in [-0.2, -0.15) is 0 Å². The van der Waals surface area contributed by atoms with Crippen molar-refractivity contribution in [1.82, 2.24) is 0 Å². The first kappa shape index (κ1) is 14.9. The molecule has 2 N–H and O–H groups in total. The quantitative estimate of drug-likeness (QED) is 0.844. The third-order valence-corrected chi connectivity index (χ3v) is 3.66. The number of carboxylic acids is 1. The van der Waals surface area contributed by atoms with Crippen molar-refractivity contribution in [3.8, 4) is 0 Å². The van der Waals surface area contributed by atoms with Crippen LogP contribution in [-0.2, 0) is 9.59 Å². The molecule has 4 nitrogen and oxygen atoms in total. The molecule has 0 aliphatic heterocycles. The summed E-state index contributed by atoms with van der Waals surface area (Å²) >= 11 is 7.13. The molecule has 1 unspecified atom stereocenters. The van der Waals surface area contributed by atoms with Gasteiger partial charge in [-0.3, -0.25) is 9.59 Å². The fourth-order valence-electron chi connectivity index (χ4n) is 1.17. The molecule has 98 valence electrons. The van der Waals surface area contributed by atoms with E-state index in [0.717, 1.165) is 0 Å². The highest BCUT2D eigenvalue weighted by Gasteiger charge is 2.12. The number of aliphatic carboxylic acids is 1. The second-order valence-electron chi connectivity index (χ2n) is 3.63. The summed E-state index contributed by atoms with van der Waals surface area (Å²) in [5.41, 5.74) is 0.570. The molecule has 0 saturated heterocycles. The number of carboxylic acid groups (broad SMARTS) is 1. The lowest BCUT2D eigenvalue weighted by molar-refractivity contribution is -0.136. The molecule has 18 heavy (non-hydrogen) atoms. The zero-order chi connectivity index (χ0) is 13.5. The molecule has 0 fully saturated rings. The fourth-order valence-corrected chi connectivity index (χ4v) is 2.16. The molecule has 1 aromatic rings. The van der Waals surface area contributed by atoms with Crippen LogP contribution in [0.4, 0.5) is 5.69 Å². The maximum Gasteiger partial charge on any atom is 0.316 e. The largest absolute Gasteiger partial charge is 0.480 e. The fraction of sp³-hybridized carbons (Fsp3) is 0.333. The van der Waals surface area contributed by atoms with Crippen molar-refractivity contribution < 1.29 is 14.7 Å². The summed E-state index contributed by atoms with van der Waals surface area (Å²) in [4.78, 5) is 22.2. The van der Waals surface area contributed by atoms with E-state index in [1.54, 1.807) is 31.2 Å². The van der Waals surface area contributed by atoms with Gasteiger partial charge in [0.2, 0.25) is 5.91 Å². The predicted octanol–water partition coefficient (Wildman–Crippen LogP) is 2.87. The van der Waals surface area contributed by atoms with Gasteiger partial charge in [-0.25, -0.2) is 0 Å². The van der Waals surface area contributed by atoms with Crippen LogP contribution in [0.15, 0.2) is 24.3 Å². The molecule has 6 heteroatoms. The Balaban J connectivity index is 2.35. The van der Waals surface area contributed by atoms with E-state index < -0.39 is 11.2 Å². The van der Waals surface area contributed by atoms with Gasteiger partial charge in [0.1, 0.15) is 0 Å². The Morgan fingerprint density at radius 3 is 2.72 bits per heavy atom. The molecule has 0 aliphatic carbocycles. The predicted molar refractivity (Wildman–Crippen MR) is 74.3 cm³/mol. The molecule has 0 saturated carbocycles. The first-order valence-corrected chi connectivity index (χ1v) is 6.82. The Bertz CT molecular complexity index is 439. The Hall–Kier alpha value is -1.20. The third-order valence-electron chi connectivity index (χ3n) is 2.19. The minimum Gasteiger partial charge on any atom is -0.480 e. The molecule has 0 radical (unpaired) electrons. The summed E-state index contributed by atoms with van der Waals surface area (Å²) < 4.78 is 0. The van der Waals surface area contributed by atoms with Gasteiger partial charge in [-0.1, -0.05) is 23.7 Å². The van der Waals surface area contributed by atoms with E-state index >= 15 is 0 Å². The van der Waals surface area contributed by atoms with Crippen LogP contribution in [0.3, 0.4) is 0 Å². The van der Waals surface area contributed by atoms with Crippen LogP contribution < -0.4 is 5.32 Å². The summed E-state index contributed by atoms with van der Waals surface area (Å²) in [7, 11) is 0. The van der Waals surface area contributed by atoms with Crippen LogP contribution in [0, 0.1) is 0 Å². The topological polar surface area (TPSA) is 66.4 Å². The van der Waals surface area contributed by atoms with Crippen molar-refractivity contribution in [2.24, 2.45) is 0 Å². The molecule has 0 spiro atoms. The zero-order valence-corrected chi connectivity index (χ0v) is 11.4. The van der Waals surface area contributed by atoms with Crippen molar-refractivity contribution in [3.63, 3.8) is 0 Å². The maximum atomic E-state index is 11.6. The number of halogens is 1. The molecule has 1 atom stereocenters. The third kappa shape index (κ3) is 4.98. The number of nitrogens with one attached hydrogen (secondary N) is 1. The smallest absolute Gasteiger partial charge is 0.316 e. The van der Waals surface area contributed by atoms with E-state index in [1.807, 2.05) is 0 Å². The van der Waals surface area contributed by atoms with Crippen LogP contribution in [0.2, 0.25) is 5.02 Å². The molecular weight excluding hydrogens is 274 g/mol. The van der Waals surface area contributed by atoms with Crippen molar-refractivity contribution in [1.29, 1.82) is 0 Å². The Kier molecular flexibility index (Phi) is 6.01. The average Bonchev–Trinajstić information content (AvgIpc) is 2.32. The summed E-state index contributed by atoms with van der Waals surface area (Å²) in [6, 6.07) is 6.97. The minimum absolute atomic E-state index is 0.173. The van der Waals surface area contributed by atoms with Crippen LogP contribution in [0.5, 0.6) is 0 Å². The number of hydrogen-bond acceptors (Lipinski definition) is 3. The number of anilines is 1. The molecular formula is C12H14ClNO3S. The van der Waals surface area contributed by atoms with Crippen molar-refractivity contribution in [2.45, 2.75) is 18.6 Å². The first-order chi connectivity index (χ1) is 8.50.